The van der Waals surface area contributed by atoms with Gasteiger partial charge in [-0.2, -0.15) is 0 Å². The van der Waals surface area contributed by atoms with E-state index >= 15 is 0 Å². The van der Waals surface area contributed by atoms with Gasteiger partial charge in [-0.05, 0) is 50.0 Å². The molecule has 1 aliphatic rings. The van der Waals surface area contributed by atoms with E-state index in [1.807, 2.05) is 0 Å². The van der Waals surface area contributed by atoms with Crippen LogP contribution in [0.2, 0.25) is 0 Å². The highest BCUT2D eigenvalue weighted by Crippen LogP contribution is 2.43. The molecule has 3 heteroatoms. The molecular weight excluding hydrogens is 311 g/mol. The summed E-state index contributed by atoms with van der Waals surface area (Å²) in [6.07, 6.45) is 2.45. The third-order valence-electron chi connectivity index (χ3n) is 4.23. The van der Waals surface area contributed by atoms with Crippen LogP contribution in [0.4, 0.5) is 0 Å². The number of ether oxygens (including phenoxy) is 1. The lowest BCUT2D eigenvalue weighted by Crippen LogP contribution is -2.17. The largest absolute Gasteiger partial charge is 0.374 e. The zero-order valence-electron chi connectivity index (χ0n) is 13.4. The second kappa shape index (κ2) is 6.71. The Bertz CT molecular complexity index is 677. The summed E-state index contributed by atoms with van der Waals surface area (Å²) in [6.45, 7) is 7.27. The van der Waals surface area contributed by atoms with Crippen LogP contribution < -0.4 is 10.6 Å². The van der Waals surface area contributed by atoms with Crippen LogP contribution >= 0.6 is 18.5 Å². The monoisotopic (exact) mass is 332 g/mol. The van der Waals surface area contributed by atoms with E-state index in [9.17, 15) is 0 Å². The van der Waals surface area contributed by atoms with E-state index in [2.05, 4.69) is 57.2 Å². The summed E-state index contributed by atoms with van der Waals surface area (Å²) in [7, 11) is -0.861. The van der Waals surface area contributed by atoms with E-state index in [0.29, 0.717) is 0 Å². The van der Waals surface area contributed by atoms with Crippen LogP contribution in [0.25, 0.3) is 0 Å². The van der Waals surface area contributed by atoms with Gasteiger partial charge in [0, 0.05) is 11.9 Å². The minimum absolute atomic E-state index is 0.212. The molecule has 1 saturated heterocycles. The average Bonchev–Trinajstić information content (AvgIpc) is 3.00. The van der Waals surface area contributed by atoms with Gasteiger partial charge < -0.3 is 4.74 Å². The SMILES string of the molecule is Cc1ccc(P(Cl)c2ccc(C)cc2C2CCCO2)c(C)c1. The molecule has 0 bridgehead atoms. The van der Waals surface area contributed by atoms with Crippen molar-refractivity contribution >= 4 is 29.1 Å². The Morgan fingerprint density at radius 2 is 1.68 bits per heavy atom. The van der Waals surface area contributed by atoms with Crippen LogP contribution in [-0.2, 0) is 4.74 Å². The van der Waals surface area contributed by atoms with Gasteiger partial charge in [-0.25, -0.2) is 0 Å². The fourth-order valence-corrected chi connectivity index (χ4v) is 5.60. The van der Waals surface area contributed by atoms with E-state index < -0.39 is 7.27 Å². The molecule has 1 fully saturated rings. The second-order valence-corrected chi connectivity index (χ2v) is 8.67. The summed E-state index contributed by atoms with van der Waals surface area (Å²) in [6, 6.07) is 13.2. The van der Waals surface area contributed by atoms with Crippen molar-refractivity contribution in [1.29, 1.82) is 0 Å². The molecule has 22 heavy (non-hydrogen) atoms. The Balaban J connectivity index is 2.03. The molecule has 0 radical (unpaired) electrons. The number of benzene rings is 2. The lowest BCUT2D eigenvalue weighted by atomic mass is 10.0. The molecule has 2 aromatic rings. The third-order valence-corrected chi connectivity index (χ3v) is 7.08. The van der Waals surface area contributed by atoms with Crippen LogP contribution in [0.1, 0.15) is 41.2 Å². The van der Waals surface area contributed by atoms with Crippen LogP contribution in [0.3, 0.4) is 0 Å². The number of hydrogen-bond donors (Lipinski definition) is 0. The highest BCUT2D eigenvalue weighted by atomic mass is 35.7. The standard InChI is InChI=1S/C19H22ClOP/c1-13-6-8-18(15(3)11-13)22(20)19-9-7-14(2)12-16(19)17-5-4-10-21-17/h6-9,11-12,17H,4-5,10H2,1-3H3. The minimum Gasteiger partial charge on any atom is -0.374 e. The Labute approximate surface area is 139 Å². The summed E-state index contributed by atoms with van der Waals surface area (Å²) in [5, 5.41) is 2.51. The Morgan fingerprint density at radius 3 is 2.32 bits per heavy atom. The lowest BCUT2D eigenvalue weighted by molar-refractivity contribution is 0.112. The first-order valence-electron chi connectivity index (χ1n) is 7.81. The van der Waals surface area contributed by atoms with Crippen LogP contribution in [0.5, 0.6) is 0 Å². The fraction of sp³-hybridized carbons (Fsp3) is 0.368. The first-order chi connectivity index (χ1) is 10.6. The van der Waals surface area contributed by atoms with Gasteiger partial charge in [-0.1, -0.05) is 58.8 Å². The Kier molecular flexibility index (Phi) is 4.88. The highest BCUT2D eigenvalue weighted by Gasteiger charge is 2.25. The zero-order chi connectivity index (χ0) is 15.7. The molecule has 1 heterocycles. The van der Waals surface area contributed by atoms with Gasteiger partial charge in [0.2, 0.25) is 0 Å². The minimum atomic E-state index is -0.861. The Morgan fingerprint density at radius 1 is 1.00 bits per heavy atom. The van der Waals surface area contributed by atoms with Gasteiger partial charge >= 0.3 is 0 Å². The van der Waals surface area contributed by atoms with Gasteiger partial charge in [-0.3, -0.25) is 0 Å². The summed E-state index contributed by atoms with van der Waals surface area (Å²) in [4.78, 5) is 0. The van der Waals surface area contributed by atoms with Crippen molar-refractivity contribution in [2.45, 2.75) is 39.7 Å². The molecule has 0 saturated carbocycles. The van der Waals surface area contributed by atoms with E-state index in [0.717, 1.165) is 19.4 Å². The fourth-order valence-electron chi connectivity index (χ4n) is 3.09. The van der Waals surface area contributed by atoms with E-state index in [1.165, 1.54) is 32.9 Å². The smallest absolute Gasteiger partial charge is 0.0832 e. The van der Waals surface area contributed by atoms with Crippen molar-refractivity contribution in [2.75, 3.05) is 6.61 Å². The summed E-state index contributed by atoms with van der Waals surface area (Å²) < 4.78 is 5.92. The van der Waals surface area contributed by atoms with Crippen LogP contribution in [0, 0.1) is 20.8 Å². The number of halogens is 1. The van der Waals surface area contributed by atoms with Crippen LogP contribution in [-0.4, -0.2) is 6.61 Å². The van der Waals surface area contributed by atoms with Crippen molar-refractivity contribution in [3.63, 3.8) is 0 Å². The van der Waals surface area contributed by atoms with Gasteiger partial charge in [-0.15, -0.1) is 0 Å². The molecule has 2 atom stereocenters. The molecule has 2 unspecified atom stereocenters. The van der Waals surface area contributed by atoms with Crippen LogP contribution in [0.15, 0.2) is 36.4 Å². The molecule has 2 aromatic carbocycles. The van der Waals surface area contributed by atoms with E-state index in [4.69, 9.17) is 16.0 Å². The average molecular weight is 333 g/mol. The molecule has 116 valence electrons. The van der Waals surface area contributed by atoms with Crippen molar-refractivity contribution in [1.82, 2.24) is 0 Å². The second-order valence-electron chi connectivity index (χ2n) is 6.13. The molecule has 0 N–H and O–H groups in total. The third kappa shape index (κ3) is 3.23. The van der Waals surface area contributed by atoms with E-state index in [1.54, 1.807) is 0 Å². The first kappa shape index (κ1) is 16.0. The highest BCUT2D eigenvalue weighted by molar-refractivity contribution is 7.95. The summed E-state index contributed by atoms with van der Waals surface area (Å²) in [5.41, 5.74) is 5.12. The molecule has 0 spiro atoms. The van der Waals surface area contributed by atoms with Crippen molar-refractivity contribution in [3.8, 4) is 0 Å². The number of aryl methyl sites for hydroxylation is 3. The van der Waals surface area contributed by atoms with E-state index in [-0.39, 0.29) is 6.10 Å². The molecule has 0 aromatic heterocycles. The molecule has 0 amide bonds. The zero-order valence-corrected chi connectivity index (χ0v) is 15.0. The molecule has 1 aliphatic heterocycles. The van der Waals surface area contributed by atoms with Gasteiger partial charge in [0.05, 0.1) is 13.4 Å². The molecule has 3 rings (SSSR count). The maximum atomic E-state index is 6.93. The van der Waals surface area contributed by atoms with Crippen molar-refractivity contribution < 1.29 is 4.74 Å². The normalized spacial score (nSPS) is 19.4. The van der Waals surface area contributed by atoms with Gasteiger partial charge in [0.15, 0.2) is 0 Å². The number of hydrogen-bond acceptors (Lipinski definition) is 1. The molecule has 0 aliphatic carbocycles. The molecule has 1 nitrogen and oxygen atoms in total. The summed E-state index contributed by atoms with van der Waals surface area (Å²) >= 11 is 6.93. The molecular formula is C19H22ClOP. The topological polar surface area (TPSA) is 9.23 Å². The number of rotatable bonds is 3. The van der Waals surface area contributed by atoms with Crippen molar-refractivity contribution in [3.05, 3.63) is 58.7 Å². The predicted octanol–water partition coefficient (Wildman–Crippen LogP) is 5.05. The maximum Gasteiger partial charge on any atom is 0.0832 e. The quantitative estimate of drug-likeness (QED) is 0.715. The Hall–Kier alpha value is -0.880. The maximum absolute atomic E-state index is 6.93. The van der Waals surface area contributed by atoms with Gasteiger partial charge in [0.25, 0.3) is 0 Å². The summed E-state index contributed by atoms with van der Waals surface area (Å²) in [5.74, 6) is 0. The predicted molar refractivity (Wildman–Crippen MR) is 97.1 cm³/mol. The van der Waals surface area contributed by atoms with Gasteiger partial charge in [0.1, 0.15) is 0 Å². The lowest BCUT2D eigenvalue weighted by Gasteiger charge is -2.21. The van der Waals surface area contributed by atoms with Crippen molar-refractivity contribution in [2.24, 2.45) is 0 Å². The first-order valence-corrected chi connectivity index (χ1v) is 10.1.